The SMILES string of the molecule is Cl.NCC(=O)N1CCC(N2CC(COc3ccc(F)cc3)OCC2=O)CC1. The predicted octanol–water partition coefficient (Wildman–Crippen LogP) is 0.803. The zero-order valence-corrected chi connectivity index (χ0v) is 15.8. The zero-order chi connectivity index (χ0) is 18.5. The highest BCUT2D eigenvalue weighted by atomic mass is 35.5. The topological polar surface area (TPSA) is 85.1 Å². The first-order valence-electron chi connectivity index (χ1n) is 8.84. The molecule has 1 atom stereocenters. The van der Waals surface area contributed by atoms with E-state index in [0.29, 0.717) is 32.0 Å². The predicted molar refractivity (Wildman–Crippen MR) is 99.3 cm³/mol. The molecule has 1 unspecified atom stereocenters. The Morgan fingerprint density at radius 3 is 2.56 bits per heavy atom. The van der Waals surface area contributed by atoms with Gasteiger partial charge < -0.3 is 25.0 Å². The van der Waals surface area contributed by atoms with Crippen molar-refractivity contribution in [3.8, 4) is 5.75 Å². The normalized spacial score (nSPS) is 21.0. The van der Waals surface area contributed by atoms with Crippen molar-refractivity contribution < 1.29 is 23.5 Å². The Morgan fingerprint density at radius 2 is 1.93 bits per heavy atom. The van der Waals surface area contributed by atoms with Gasteiger partial charge >= 0.3 is 0 Å². The van der Waals surface area contributed by atoms with Gasteiger partial charge in [-0.15, -0.1) is 12.4 Å². The highest BCUT2D eigenvalue weighted by molar-refractivity contribution is 5.85. The van der Waals surface area contributed by atoms with E-state index >= 15 is 0 Å². The first-order chi connectivity index (χ1) is 12.6. The molecule has 2 amide bonds. The van der Waals surface area contributed by atoms with E-state index in [0.717, 1.165) is 12.8 Å². The summed E-state index contributed by atoms with van der Waals surface area (Å²) in [6, 6.07) is 5.89. The summed E-state index contributed by atoms with van der Waals surface area (Å²) in [5.41, 5.74) is 5.40. The molecule has 150 valence electrons. The molecule has 2 N–H and O–H groups in total. The van der Waals surface area contributed by atoms with Gasteiger partial charge in [-0.1, -0.05) is 0 Å². The van der Waals surface area contributed by atoms with Gasteiger partial charge in [0.1, 0.15) is 30.9 Å². The molecule has 7 nitrogen and oxygen atoms in total. The van der Waals surface area contributed by atoms with Crippen LogP contribution in [0.3, 0.4) is 0 Å². The maximum atomic E-state index is 12.9. The lowest BCUT2D eigenvalue weighted by Gasteiger charge is -2.42. The molecule has 0 bridgehead atoms. The number of halogens is 2. The molecule has 0 aromatic heterocycles. The number of nitrogens with zero attached hydrogens (tertiary/aromatic N) is 2. The van der Waals surface area contributed by atoms with Crippen molar-refractivity contribution in [3.05, 3.63) is 30.1 Å². The van der Waals surface area contributed by atoms with E-state index < -0.39 is 0 Å². The number of piperidine rings is 1. The summed E-state index contributed by atoms with van der Waals surface area (Å²) >= 11 is 0. The van der Waals surface area contributed by atoms with E-state index in [9.17, 15) is 14.0 Å². The molecule has 0 saturated carbocycles. The van der Waals surface area contributed by atoms with Gasteiger partial charge in [-0.05, 0) is 37.1 Å². The van der Waals surface area contributed by atoms with Crippen molar-refractivity contribution in [2.75, 3.05) is 39.4 Å². The Kier molecular flexibility index (Phi) is 7.82. The molecule has 2 fully saturated rings. The van der Waals surface area contributed by atoms with Crippen molar-refractivity contribution >= 4 is 24.2 Å². The number of morpholine rings is 1. The van der Waals surface area contributed by atoms with Crippen molar-refractivity contribution in [1.82, 2.24) is 9.80 Å². The molecular weight excluding hydrogens is 377 g/mol. The van der Waals surface area contributed by atoms with E-state index in [1.165, 1.54) is 12.1 Å². The van der Waals surface area contributed by atoms with E-state index in [1.54, 1.807) is 17.0 Å². The summed E-state index contributed by atoms with van der Waals surface area (Å²) in [5, 5.41) is 0. The lowest BCUT2D eigenvalue weighted by Crippen LogP contribution is -2.56. The lowest BCUT2D eigenvalue weighted by atomic mass is 10.0. The summed E-state index contributed by atoms with van der Waals surface area (Å²) in [6.07, 6.45) is 1.24. The molecule has 2 saturated heterocycles. The van der Waals surface area contributed by atoms with Crippen molar-refractivity contribution in [3.63, 3.8) is 0 Å². The number of benzene rings is 1. The van der Waals surface area contributed by atoms with Crippen molar-refractivity contribution in [2.45, 2.75) is 25.0 Å². The number of ether oxygens (including phenoxy) is 2. The third-order valence-corrected chi connectivity index (χ3v) is 4.85. The minimum absolute atomic E-state index is 0. The quantitative estimate of drug-likeness (QED) is 0.789. The maximum Gasteiger partial charge on any atom is 0.248 e. The molecule has 9 heteroatoms. The standard InChI is InChI=1S/C18H24FN3O4.ClH/c19-13-1-3-15(4-2-13)25-11-16-10-22(18(24)12-26-16)14-5-7-21(8-6-14)17(23)9-20;/h1-4,14,16H,5-12,20H2;1H. The summed E-state index contributed by atoms with van der Waals surface area (Å²) in [4.78, 5) is 27.5. The van der Waals surface area contributed by atoms with Crippen LogP contribution in [-0.4, -0.2) is 73.2 Å². The van der Waals surface area contributed by atoms with Gasteiger partial charge in [0.15, 0.2) is 0 Å². The Hall–Kier alpha value is -1.90. The van der Waals surface area contributed by atoms with Gasteiger partial charge in [-0.25, -0.2) is 4.39 Å². The van der Waals surface area contributed by atoms with Gasteiger partial charge in [0, 0.05) is 19.1 Å². The number of hydrogen-bond acceptors (Lipinski definition) is 5. The van der Waals surface area contributed by atoms with Crippen LogP contribution in [0.4, 0.5) is 4.39 Å². The summed E-state index contributed by atoms with van der Waals surface area (Å²) < 4.78 is 24.1. The van der Waals surface area contributed by atoms with E-state index in [-0.39, 0.29) is 55.3 Å². The Bertz CT molecular complexity index is 638. The van der Waals surface area contributed by atoms with Crippen molar-refractivity contribution in [1.29, 1.82) is 0 Å². The van der Waals surface area contributed by atoms with Crippen LogP contribution < -0.4 is 10.5 Å². The summed E-state index contributed by atoms with van der Waals surface area (Å²) in [7, 11) is 0. The Morgan fingerprint density at radius 1 is 1.26 bits per heavy atom. The Labute approximate surface area is 164 Å². The molecule has 27 heavy (non-hydrogen) atoms. The van der Waals surface area contributed by atoms with Crippen LogP contribution in [-0.2, 0) is 14.3 Å². The van der Waals surface area contributed by atoms with Crippen LogP contribution in [0.2, 0.25) is 0 Å². The third kappa shape index (κ3) is 5.54. The molecule has 2 aliphatic heterocycles. The molecule has 1 aromatic rings. The molecule has 1 aromatic carbocycles. The maximum absolute atomic E-state index is 12.9. The van der Waals surface area contributed by atoms with Gasteiger partial charge in [-0.3, -0.25) is 9.59 Å². The third-order valence-electron chi connectivity index (χ3n) is 4.85. The smallest absolute Gasteiger partial charge is 0.248 e. The number of rotatable bonds is 5. The van der Waals surface area contributed by atoms with Gasteiger partial charge in [0.2, 0.25) is 11.8 Å². The highest BCUT2D eigenvalue weighted by Crippen LogP contribution is 2.21. The second-order valence-corrected chi connectivity index (χ2v) is 6.56. The Balaban J connectivity index is 0.00000261. The van der Waals surface area contributed by atoms with Crippen LogP contribution in [0.1, 0.15) is 12.8 Å². The minimum Gasteiger partial charge on any atom is -0.491 e. The van der Waals surface area contributed by atoms with E-state index in [1.807, 2.05) is 4.90 Å². The largest absolute Gasteiger partial charge is 0.491 e. The number of carbonyl (C=O) groups is 2. The molecule has 2 aliphatic rings. The molecule has 0 aliphatic carbocycles. The number of hydrogen-bond donors (Lipinski definition) is 1. The van der Waals surface area contributed by atoms with Crippen LogP contribution in [0.25, 0.3) is 0 Å². The molecule has 2 heterocycles. The van der Waals surface area contributed by atoms with E-state index in [4.69, 9.17) is 15.2 Å². The molecule has 0 radical (unpaired) electrons. The van der Waals surface area contributed by atoms with Crippen LogP contribution in [0, 0.1) is 5.82 Å². The summed E-state index contributed by atoms with van der Waals surface area (Å²) in [5.74, 6) is 0.156. The molecule has 3 rings (SSSR count). The monoisotopic (exact) mass is 401 g/mol. The molecule has 0 spiro atoms. The number of nitrogens with two attached hydrogens (primary N) is 1. The highest BCUT2D eigenvalue weighted by Gasteiger charge is 2.34. The van der Waals surface area contributed by atoms with Crippen LogP contribution in [0.5, 0.6) is 5.75 Å². The zero-order valence-electron chi connectivity index (χ0n) is 15.0. The van der Waals surface area contributed by atoms with Gasteiger partial charge in [0.05, 0.1) is 13.1 Å². The minimum atomic E-state index is -0.317. The number of carbonyl (C=O) groups excluding carboxylic acids is 2. The number of likely N-dealkylation sites (tertiary alicyclic amines) is 1. The fraction of sp³-hybridized carbons (Fsp3) is 0.556. The summed E-state index contributed by atoms with van der Waals surface area (Å²) in [6.45, 7) is 2.02. The first kappa shape index (κ1) is 21.4. The van der Waals surface area contributed by atoms with Gasteiger partial charge in [-0.2, -0.15) is 0 Å². The second kappa shape index (κ2) is 9.87. The first-order valence-corrected chi connectivity index (χ1v) is 8.84. The fourth-order valence-electron chi connectivity index (χ4n) is 3.38. The van der Waals surface area contributed by atoms with E-state index in [2.05, 4.69) is 0 Å². The average molecular weight is 402 g/mol. The second-order valence-electron chi connectivity index (χ2n) is 6.56. The number of amides is 2. The van der Waals surface area contributed by atoms with Crippen LogP contribution in [0.15, 0.2) is 24.3 Å². The fourth-order valence-corrected chi connectivity index (χ4v) is 3.38. The molecular formula is C18H25ClFN3O4. The van der Waals surface area contributed by atoms with Crippen LogP contribution >= 0.6 is 12.4 Å². The van der Waals surface area contributed by atoms with Crippen molar-refractivity contribution in [2.24, 2.45) is 5.73 Å². The average Bonchev–Trinajstić information content (AvgIpc) is 2.68. The van der Waals surface area contributed by atoms with Gasteiger partial charge in [0.25, 0.3) is 0 Å². The lowest BCUT2D eigenvalue weighted by molar-refractivity contribution is -0.155.